The number of aromatic nitrogens is 2. The minimum absolute atomic E-state index is 0.126. The first-order chi connectivity index (χ1) is 9.28. The van der Waals surface area contributed by atoms with Crippen LogP contribution in [-0.2, 0) is 4.79 Å². The maximum atomic E-state index is 11.9. The van der Waals surface area contributed by atoms with Crippen LogP contribution in [0.4, 0.5) is 5.69 Å². The van der Waals surface area contributed by atoms with E-state index in [1.807, 2.05) is 24.3 Å². The molecule has 98 valence electrons. The van der Waals surface area contributed by atoms with Crippen LogP contribution >= 0.6 is 0 Å². The van der Waals surface area contributed by atoms with Crippen LogP contribution in [-0.4, -0.2) is 29.2 Å². The highest BCUT2D eigenvalue weighted by atomic mass is 16.4. The average molecular weight is 258 g/mol. The Labute approximate surface area is 110 Å². The van der Waals surface area contributed by atoms with Crippen molar-refractivity contribution in [2.75, 3.05) is 18.0 Å². The average Bonchev–Trinajstić information content (AvgIpc) is 3.08. The largest absolute Gasteiger partial charge is 0.423 e. The highest BCUT2D eigenvalue weighted by Crippen LogP contribution is 2.26. The molecular weight excluding hydrogens is 244 g/mol. The third kappa shape index (κ3) is 2.22. The van der Waals surface area contributed by atoms with Crippen molar-refractivity contribution in [2.45, 2.75) is 6.42 Å². The van der Waals surface area contributed by atoms with Gasteiger partial charge in [-0.1, -0.05) is 0 Å². The van der Waals surface area contributed by atoms with E-state index in [-0.39, 0.29) is 11.8 Å². The smallest absolute Gasteiger partial charge is 0.247 e. The molecule has 2 heterocycles. The lowest BCUT2D eigenvalue weighted by molar-refractivity contribution is -0.117. The van der Waals surface area contributed by atoms with Gasteiger partial charge < -0.3 is 15.1 Å². The fourth-order valence-corrected chi connectivity index (χ4v) is 2.27. The van der Waals surface area contributed by atoms with Gasteiger partial charge in [-0.3, -0.25) is 4.79 Å². The molecule has 0 bridgehead atoms. The van der Waals surface area contributed by atoms with Gasteiger partial charge in [0, 0.05) is 24.2 Å². The van der Waals surface area contributed by atoms with Crippen molar-refractivity contribution in [3.05, 3.63) is 30.7 Å². The summed E-state index contributed by atoms with van der Waals surface area (Å²) < 4.78 is 5.12. The molecule has 6 nitrogen and oxygen atoms in total. The van der Waals surface area contributed by atoms with Crippen LogP contribution in [0.2, 0.25) is 0 Å². The van der Waals surface area contributed by atoms with Gasteiger partial charge in [-0.05, 0) is 36.7 Å². The van der Waals surface area contributed by atoms with Crippen molar-refractivity contribution in [3.8, 4) is 11.5 Å². The van der Waals surface area contributed by atoms with Crippen molar-refractivity contribution in [1.29, 1.82) is 0 Å². The molecular formula is C13H14N4O2. The summed E-state index contributed by atoms with van der Waals surface area (Å²) in [4.78, 5) is 13.7. The van der Waals surface area contributed by atoms with E-state index in [2.05, 4.69) is 10.2 Å². The molecule has 1 unspecified atom stereocenters. The van der Waals surface area contributed by atoms with E-state index in [9.17, 15) is 4.79 Å². The van der Waals surface area contributed by atoms with Gasteiger partial charge in [-0.25, -0.2) is 0 Å². The van der Waals surface area contributed by atoms with Crippen molar-refractivity contribution in [1.82, 2.24) is 10.2 Å². The molecule has 6 heteroatoms. The number of nitrogens with two attached hydrogens (primary N) is 1. The highest BCUT2D eigenvalue weighted by molar-refractivity contribution is 5.95. The summed E-state index contributed by atoms with van der Waals surface area (Å²) >= 11 is 0. The second-order valence-electron chi connectivity index (χ2n) is 4.60. The maximum absolute atomic E-state index is 11.9. The molecule has 1 aromatic heterocycles. The Morgan fingerprint density at radius 1 is 1.37 bits per heavy atom. The van der Waals surface area contributed by atoms with Gasteiger partial charge >= 0.3 is 0 Å². The molecule has 1 aliphatic heterocycles. The third-order valence-corrected chi connectivity index (χ3v) is 3.32. The Morgan fingerprint density at radius 3 is 2.74 bits per heavy atom. The summed E-state index contributed by atoms with van der Waals surface area (Å²) in [5.41, 5.74) is 7.33. The van der Waals surface area contributed by atoms with Gasteiger partial charge in [0.1, 0.15) is 0 Å². The lowest BCUT2D eigenvalue weighted by Gasteiger charge is -2.16. The molecule has 1 fully saturated rings. The number of carbonyl (C=O) groups is 1. The number of benzene rings is 1. The van der Waals surface area contributed by atoms with Crippen LogP contribution < -0.4 is 10.6 Å². The summed E-state index contributed by atoms with van der Waals surface area (Å²) in [5.74, 6) is 0.850. The van der Waals surface area contributed by atoms with E-state index < -0.39 is 0 Å². The normalized spacial score (nSPS) is 19.1. The molecule has 0 saturated carbocycles. The SMILES string of the molecule is NCC1CC(=O)N(c2ccc(-c3nnco3)cc2)C1. The summed E-state index contributed by atoms with van der Waals surface area (Å²) in [6.07, 6.45) is 1.82. The number of nitrogens with zero attached hydrogens (tertiary/aromatic N) is 3. The van der Waals surface area contributed by atoms with Gasteiger partial charge in [0.25, 0.3) is 0 Å². The molecule has 1 atom stereocenters. The number of rotatable bonds is 3. The molecule has 0 spiro atoms. The van der Waals surface area contributed by atoms with Crippen LogP contribution in [0.5, 0.6) is 0 Å². The van der Waals surface area contributed by atoms with E-state index in [0.717, 1.165) is 11.3 Å². The lowest BCUT2D eigenvalue weighted by atomic mass is 10.1. The number of carbonyl (C=O) groups excluding carboxylic acids is 1. The number of anilines is 1. The monoisotopic (exact) mass is 258 g/mol. The molecule has 1 amide bonds. The molecule has 3 rings (SSSR count). The van der Waals surface area contributed by atoms with Crippen molar-refractivity contribution in [3.63, 3.8) is 0 Å². The second-order valence-corrected chi connectivity index (χ2v) is 4.60. The van der Waals surface area contributed by atoms with Gasteiger partial charge in [-0.15, -0.1) is 10.2 Å². The molecule has 2 N–H and O–H groups in total. The molecule has 1 saturated heterocycles. The van der Waals surface area contributed by atoms with Crippen LogP contribution in [0.3, 0.4) is 0 Å². The number of hydrogen-bond acceptors (Lipinski definition) is 5. The first-order valence-corrected chi connectivity index (χ1v) is 6.15. The molecule has 19 heavy (non-hydrogen) atoms. The number of amides is 1. The standard InChI is InChI=1S/C13H14N4O2/c14-6-9-5-12(18)17(7-9)11-3-1-10(2-4-11)13-16-15-8-19-13/h1-4,8-9H,5-7,14H2. The fraction of sp³-hybridized carbons (Fsp3) is 0.308. The molecule has 0 aliphatic carbocycles. The van der Waals surface area contributed by atoms with Gasteiger partial charge in [0.15, 0.2) is 0 Å². The lowest BCUT2D eigenvalue weighted by Crippen LogP contribution is -2.25. The van der Waals surface area contributed by atoms with Crippen LogP contribution in [0, 0.1) is 5.92 Å². The molecule has 1 aliphatic rings. The Kier molecular flexibility index (Phi) is 3.00. The first-order valence-electron chi connectivity index (χ1n) is 6.15. The summed E-state index contributed by atoms with van der Waals surface area (Å²) in [7, 11) is 0. The van der Waals surface area contributed by atoms with Gasteiger partial charge in [-0.2, -0.15) is 0 Å². The second kappa shape index (κ2) is 4.81. The van der Waals surface area contributed by atoms with E-state index in [4.69, 9.17) is 10.2 Å². The van der Waals surface area contributed by atoms with Crippen molar-refractivity contribution < 1.29 is 9.21 Å². The first kappa shape index (κ1) is 11.9. The summed E-state index contributed by atoms with van der Waals surface area (Å²) in [5, 5.41) is 7.48. The predicted molar refractivity (Wildman–Crippen MR) is 69.2 cm³/mol. The quantitative estimate of drug-likeness (QED) is 0.889. The van der Waals surface area contributed by atoms with Gasteiger partial charge in [0.2, 0.25) is 18.2 Å². The van der Waals surface area contributed by atoms with Crippen molar-refractivity contribution >= 4 is 11.6 Å². The Morgan fingerprint density at radius 2 is 2.16 bits per heavy atom. The van der Waals surface area contributed by atoms with Crippen LogP contribution in [0.25, 0.3) is 11.5 Å². The zero-order chi connectivity index (χ0) is 13.2. The topological polar surface area (TPSA) is 85.3 Å². The molecule has 0 radical (unpaired) electrons. The Bertz CT molecular complexity index is 565. The minimum atomic E-state index is 0.126. The van der Waals surface area contributed by atoms with E-state index in [0.29, 0.717) is 25.4 Å². The fourth-order valence-electron chi connectivity index (χ4n) is 2.27. The van der Waals surface area contributed by atoms with Gasteiger partial charge in [0.05, 0.1) is 0 Å². The molecule has 2 aromatic rings. The van der Waals surface area contributed by atoms with E-state index in [1.54, 1.807) is 4.90 Å². The zero-order valence-corrected chi connectivity index (χ0v) is 10.3. The summed E-state index contributed by atoms with van der Waals surface area (Å²) in [6, 6.07) is 7.50. The van der Waals surface area contributed by atoms with E-state index in [1.165, 1.54) is 6.39 Å². The third-order valence-electron chi connectivity index (χ3n) is 3.32. The molecule has 1 aromatic carbocycles. The highest BCUT2D eigenvalue weighted by Gasteiger charge is 2.29. The van der Waals surface area contributed by atoms with Crippen molar-refractivity contribution in [2.24, 2.45) is 11.7 Å². The Balaban J connectivity index is 1.81. The minimum Gasteiger partial charge on any atom is -0.423 e. The maximum Gasteiger partial charge on any atom is 0.247 e. The number of hydrogen-bond donors (Lipinski definition) is 1. The zero-order valence-electron chi connectivity index (χ0n) is 10.3. The van der Waals surface area contributed by atoms with Crippen LogP contribution in [0.15, 0.2) is 35.1 Å². The Hall–Kier alpha value is -2.21. The van der Waals surface area contributed by atoms with E-state index >= 15 is 0 Å². The van der Waals surface area contributed by atoms with Crippen LogP contribution in [0.1, 0.15) is 6.42 Å². The summed E-state index contributed by atoms with van der Waals surface area (Å²) in [6.45, 7) is 1.23. The predicted octanol–water partition coefficient (Wildman–Crippen LogP) is 1.05.